The lowest BCUT2D eigenvalue weighted by Gasteiger charge is -2.12. The van der Waals surface area contributed by atoms with E-state index in [0.717, 1.165) is 37.5 Å². The number of carbonyl (C=O) groups excluding carboxylic acids is 2. The van der Waals surface area contributed by atoms with Crippen LogP contribution in [0, 0.1) is 11.8 Å². The lowest BCUT2D eigenvalue weighted by molar-refractivity contribution is -0.169. The van der Waals surface area contributed by atoms with E-state index in [9.17, 15) is 9.59 Å². The molecule has 1 rings (SSSR count). The van der Waals surface area contributed by atoms with E-state index in [-0.39, 0.29) is 26.7 Å². The molecule has 6 nitrogen and oxygen atoms in total. The van der Waals surface area contributed by atoms with Gasteiger partial charge >= 0.3 is 0 Å². The zero-order chi connectivity index (χ0) is 22.1. The first kappa shape index (κ1) is 34.2. The molecule has 1 aliphatic rings. The highest BCUT2D eigenvalue weighted by molar-refractivity contribution is 5.75. The molecule has 0 saturated heterocycles. The van der Waals surface area contributed by atoms with Gasteiger partial charge in [-0.3, -0.25) is 19.3 Å². The molecule has 2 amide bonds. The highest BCUT2D eigenvalue weighted by Gasteiger charge is 2.34. The van der Waals surface area contributed by atoms with E-state index >= 15 is 0 Å². The molecule has 0 heterocycles. The fourth-order valence-electron chi connectivity index (χ4n) is 3.20. The third-order valence-electron chi connectivity index (χ3n) is 5.33. The number of carbonyl (C=O) groups is 2. The summed E-state index contributed by atoms with van der Waals surface area (Å²) in [5.74, 6) is 2.00. The molecule has 2 unspecified atom stereocenters. The first-order chi connectivity index (χ1) is 13.9. The second kappa shape index (κ2) is 21.8. The van der Waals surface area contributed by atoms with Crippen LogP contribution in [0.1, 0.15) is 99.3 Å². The van der Waals surface area contributed by atoms with Crippen LogP contribution in [0.3, 0.4) is 0 Å². The van der Waals surface area contributed by atoms with Crippen LogP contribution >= 0.6 is 0 Å². The van der Waals surface area contributed by atoms with Crippen molar-refractivity contribution >= 4 is 11.8 Å². The number of hydrogen-bond donors (Lipinski definition) is 0. The van der Waals surface area contributed by atoms with Crippen LogP contribution in [0.25, 0.3) is 0 Å². The molecule has 0 aromatic heterocycles. The van der Waals surface area contributed by atoms with E-state index in [1.165, 1.54) is 56.5 Å². The molecule has 1 saturated carbocycles. The standard InChI is InChI=1S/C12H23NO2.C11H21NO2.2CH4/c1-4-6-10-9-11(10)7-5-8-12(14)13(2)15-3;1-4-5-6-7-8-9-10-11(13)12(2)14-3;;/h10-11H,4-9H2,1-3H3;6-7H,4-5,8-10H2,1-3H3;2*1H4/b;7-6-;;. The summed E-state index contributed by atoms with van der Waals surface area (Å²) in [4.78, 5) is 32.2. The number of nitrogens with zero attached hydrogens (tertiary/aromatic N) is 2. The molecule has 0 aliphatic heterocycles. The molecular formula is C25H52N2O4. The predicted molar refractivity (Wildman–Crippen MR) is 131 cm³/mol. The summed E-state index contributed by atoms with van der Waals surface area (Å²) in [6.07, 6.45) is 16.0. The Morgan fingerprint density at radius 3 is 1.77 bits per heavy atom. The highest BCUT2D eigenvalue weighted by atomic mass is 16.7. The van der Waals surface area contributed by atoms with Gasteiger partial charge in [0.15, 0.2) is 0 Å². The number of hydroxylamine groups is 4. The van der Waals surface area contributed by atoms with E-state index in [0.29, 0.717) is 12.8 Å². The van der Waals surface area contributed by atoms with Crippen molar-refractivity contribution in [3.05, 3.63) is 12.2 Å². The minimum absolute atomic E-state index is 0. The van der Waals surface area contributed by atoms with Crippen molar-refractivity contribution in [3.8, 4) is 0 Å². The Hall–Kier alpha value is -1.40. The molecule has 0 spiro atoms. The maximum Gasteiger partial charge on any atom is 0.245 e. The first-order valence-electron chi connectivity index (χ1n) is 11.2. The Morgan fingerprint density at radius 2 is 1.29 bits per heavy atom. The Balaban J connectivity index is -0.000000477. The zero-order valence-electron chi connectivity index (χ0n) is 19.6. The SMILES string of the molecule is C.C.CCC/C=C\CCCC(=O)N(C)OC.CCCC1CC1CCCC(=O)N(C)OC. The van der Waals surface area contributed by atoms with E-state index in [2.05, 4.69) is 26.0 Å². The van der Waals surface area contributed by atoms with Crippen molar-refractivity contribution in [1.82, 2.24) is 10.1 Å². The van der Waals surface area contributed by atoms with E-state index in [1.54, 1.807) is 14.1 Å². The Labute approximate surface area is 193 Å². The summed E-state index contributed by atoms with van der Waals surface area (Å²) in [5.41, 5.74) is 0. The average Bonchev–Trinajstić information content (AvgIpc) is 3.47. The molecule has 0 aromatic rings. The fraction of sp³-hybridized carbons (Fsp3) is 0.840. The first-order valence-corrected chi connectivity index (χ1v) is 11.2. The lowest BCUT2D eigenvalue weighted by Crippen LogP contribution is -2.24. The van der Waals surface area contributed by atoms with Gasteiger partial charge in [0.2, 0.25) is 11.8 Å². The predicted octanol–water partition coefficient (Wildman–Crippen LogP) is 6.42. The summed E-state index contributed by atoms with van der Waals surface area (Å²) >= 11 is 0. The molecule has 1 aliphatic carbocycles. The number of amides is 2. The fourth-order valence-corrected chi connectivity index (χ4v) is 3.20. The monoisotopic (exact) mass is 444 g/mol. The molecule has 0 bridgehead atoms. The second-order valence-electron chi connectivity index (χ2n) is 7.74. The number of allylic oxidation sites excluding steroid dienone is 2. The van der Waals surface area contributed by atoms with Gasteiger partial charge in [-0.1, -0.05) is 60.1 Å². The maximum absolute atomic E-state index is 11.4. The van der Waals surface area contributed by atoms with Crippen molar-refractivity contribution in [2.75, 3.05) is 28.3 Å². The Morgan fingerprint density at radius 1 is 0.806 bits per heavy atom. The Kier molecular flexibility index (Phi) is 24.1. The second-order valence-corrected chi connectivity index (χ2v) is 7.74. The summed E-state index contributed by atoms with van der Waals surface area (Å²) < 4.78 is 0. The molecule has 6 heteroatoms. The molecule has 2 atom stereocenters. The number of unbranched alkanes of at least 4 members (excludes halogenated alkanes) is 2. The van der Waals surface area contributed by atoms with Gasteiger partial charge in [0, 0.05) is 26.9 Å². The molecule has 0 radical (unpaired) electrons. The molecule has 0 N–H and O–H groups in total. The molecule has 31 heavy (non-hydrogen) atoms. The number of hydrogen-bond acceptors (Lipinski definition) is 4. The average molecular weight is 445 g/mol. The minimum atomic E-state index is 0. The normalized spacial score (nSPS) is 16.5. The van der Waals surface area contributed by atoms with Crippen molar-refractivity contribution in [2.45, 2.75) is 99.3 Å². The summed E-state index contributed by atoms with van der Waals surface area (Å²) in [5, 5.41) is 2.59. The Bertz CT molecular complexity index is 468. The lowest BCUT2D eigenvalue weighted by atomic mass is 10.1. The largest absolute Gasteiger partial charge is 0.275 e. The zero-order valence-corrected chi connectivity index (χ0v) is 19.6. The van der Waals surface area contributed by atoms with Crippen molar-refractivity contribution in [2.24, 2.45) is 11.8 Å². The molecule has 186 valence electrons. The van der Waals surface area contributed by atoms with E-state index in [1.807, 2.05) is 0 Å². The topological polar surface area (TPSA) is 59.1 Å². The van der Waals surface area contributed by atoms with Crippen molar-refractivity contribution in [3.63, 3.8) is 0 Å². The smallest absolute Gasteiger partial charge is 0.245 e. The van der Waals surface area contributed by atoms with Gasteiger partial charge in [0.05, 0.1) is 14.2 Å². The van der Waals surface area contributed by atoms with Crippen LogP contribution in [-0.4, -0.2) is 50.3 Å². The van der Waals surface area contributed by atoms with Gasteiger partial charge in [0.25, 0.3) is 0 Å². The van der Waals surface area contributed by atoms with Crippen molar-refractivity contribution < 1.29 is 19.3 Å². The third kappa shape index (κ3) is 17.9. The third-order valence-corrected chi connectivity index (χ3v) is 5.33. The van der Waals surface area contributed by atoms with Crippen LogP contribution in [0.15, 0.2) is 12.2 Å². The van der Waals surface area contributed by atoms with Gasteiger partial charge < -0.3 is 0 Å². The summed E-state index contributed by atoms with van der Waals surface area (Å²) in [6.45, 7) is 4.40. The van der Waals surface area contributed by atoms with Gasteiger partial charge in [0.1, 0.15) is 0 Å². The van der Waals surface area contributed by atoms with Crippen molar-refractivity contribution in [1.29, 1.82) is 0 Å². The van der Waals surface area contributed by atoms with E-state index < -0.39 is 0 Å². The maximum atomic E-state index is 11.4. The van der Waals surface area contributed by atoms with Gasteiger partial charge in [-0.2, -0.15) is 0 Å². The summed E-state index contributed by atoms with van der Waals surface area (Å²) in [7, 11) is 6.32. The molecule has 1 fully saturated rings. The highest BCUT2D eigenvalue weighted by Crippen LogP contribution is 2.45. The minimum Gasteiger partial charge on any atom is -0.275 e. The van der Waals surface area contributed by atoms with E-state index in [4.69, 9.17) is 9.68 Å². The van der Waals surface area contributed by atoms with Crippen LogP contribution in [0.4, 0.5) is 0 Å². The van der Waals surface area contributed by atoms with Crippen LogP contribution in [0.2, 0.25) is 0 Å². The number of rotatable bonds is 14. The molecule has 0 aromatic carbocycles. The van der Waals surface area contributed by atoms with Crippen LogP contribution in [-0.2, 0) is 19.3 Å². The van der Waals surface area contributed by atoms with Gasteiger partial charge in [-0.05, 0) is 50.4 Å². The van der Waals surface area contributed by atoms with Crippen LogP contribution < -0.4 is 0 Å². The molecular weight excluding hydrogens is 392 g/mol. The van der Waals surface area contributed by atoms with Gasteiger partial charge in [-0.25, -0.2) is 10.1 Å². The summed E-state index contributed by atoms with van der Waals surface area (Å²) in [6, 6.07) is 0. The van der Waals surface area contributed by atoms with Gasteiger partial charge in [-0.15, -0.1) is 0 Å². The quantitative estimate of drug-likeness (QED) is 0.176. The van der Waals surface area contributed by atoms with Crippen LogP contribution in [0.5, 0.6) is 0 Å².